The van der Waals surface area contributed by atoms with Gasteiger partial charge in [0.2, 0.25) is 0 Å². The lowest BCUT2D eigenvalue weighted by atomic mass is 10.1. The van der Waals surface area contributed by atoms with Gasteiger partial charge in [-0.25, -0.2) is 4.79 Å². The van der Waals surface area contributed by atoms with E-state index in [-0.39, 0.29) is 11.8 Å². The number of hydrogen-bond donors (Lipinski definition) is 0. The minimum atomic E-state index is -4.10. The number of anilines is 1. The van der Waals surface area contributed by atoms with Crippen molar-refractivity contribution in [3.05, 3.63) is 36.0 Å². The highest BCUT2D eigenvalue weighted by molar-refractivity contribution is 6.04. The summed E-state index contributed by atoms with van der Waals surface area (Å²) in [6.45, 7) is 6.18. The molecule has 2 heterocycles. The van der Waals surface area contributed by atoms with Crippen LogP contribution in [0, 0.1) is 17.8 Å². The number of nitrogens with zero attached hydrogens (tertiary/aromatic N) is 2. The zero-order chi connectivity index (χ0) is 19.6. The van der Waals surface area contributed by atoms with Crippen molar-refractivity contribution in [3.8, 4) is 0 Å². The molecule has 1 saturated heterocycles. The maximum atomic E-state index is 12.9. The van der Waals surface area contributed by atoms with Gasteiger partial charge in [-0.2, -0.15) is 13.2 Å². The summed E-state index contributed by atoms with van der Waals surface area (Å²) in [6.07, 6.45) is -2.54. The number of piperidine rings is 1. The minimum Gasteiger partial charge on any atom is -0.456 e. The van der Waals surface area contributed by atoms with E-state index in [1.807, 2.05) is 17.0 Å². The average Bonchev–Trinajstić information content (AvgIpc) is 3.09. The highest BCUT2D eigenvalue weighted by atomic mass is 19.4. The fourth-order valence-electron chi connectivity index (χ4n) is 4.06. The highest BCUT2D eigenvalue weighted by Gasteiger charge is 2.67. The van der Waals surface area contributed by atoms with Gasteiger partial charge in [0.1, 0.15) is 5.60 Å². The summed E-state index contributed by atoms with van der Waals surface area (Å²) in [4.78, 5) is 18.8. The van der Waals surface area contributed by atoms with E-state index in [1.165, 1.54) is 0 Å². The third-order valence-corrected chi connectivity index (χ3v) is 5.28. The van der Waals surface area contributed by atoms with E-state index in [4.69, 9.17) is 4.74 Å². The Balaban J connectivity index is 1.60. The molecular formula is C20H21F3N2O2. The molecule has 7 heteroatoms. The van der Waals surface area contributed by atoms with E-state index in [2.05, 4.69) is 4.98 Å². The zero-order valence-electron chi connectivity index (χ0n) is 15.4. The van der Waals surface area contributed by atoms with Crippen LogP contribution in [0.2, 0.25) is 0 Å². The predicted octanol–water partition coefficient (Wildman–Crippen LogP) is 4.43. The van der Waals surface area contributed by atoms with Crippen LogP contribution in [0.25, 0.3) is 10.9 Å². The maximum absolute atomic E-state index is 12.9. The number of ether oxygens (including phenoxy) is 1. The van der Waals surface area contributed by atoms with Crippen molar-refractivity contribution >= 4 is 22.6 Å². The fraction of sp³-hybridized carbons (Fsp3) is 0.500. The molecule has 1 saturated carbocycles. The minimum absolute atomic E-state index is 0.320. The molecule has 0 radical (unpaired) electrons. The van der Waals surface area contributed by atoms with E-state index in [0.717, 1.165) is 5.69 Å². The summed E-state index contributed by atoms with van der Waals surface area (Å²) in [5.41, 5.74) is 1.26. The largest absolute Gasteiger partial charge is 0.456 e. The number of carbonyl (C=O) groups is 1. The van der Waals surface area contributed by atoms with Gasteiger partial charge in [-0.3, -0.25) is 4.98 Å². The first-order valence-corrected chi connectivity index (χ1v) is 8.98. The Morgan fingerprint density at radius 3 is 2.41 bits per heavy atom. The molecule has 2 aliphatic rings. The van der Waals surface area contributed by atoms with Gasteiger partial charge < -0.3 is 9.64 Å². The van der Waals surface area contributed by atoms with Gasteiger partial charge in [0, 0.05) is 30.4 Å². The van der Waals surface area contributed by atoms with E-state index in [0.29, 0.717) is 29.6 Å². The lowest BCUT2D eigenvalue weighted by molar-refractivity contribution is -0.154. The fourth-order valence-corrected chi connectivity index (χ4v) is 4.06. The summed E-state index contributed by atoms with van der Waals surface area (Å²) in [6, 6.07) is 7.08. The van der Waals surface area contributed by atoms with Gasteiger partial charge in [-0.05, 0) is 56.9 Å². The second kappa shape index (κ2) is 5.84. The van der Waals surface area contributed by atoms with Crippen LogP contribution in [0.4, 0.5) is 18.9 Å². The SMILES string of the molecule is CC(C)(C)OC(=O)c1ccnc2ccc(N3CC4C(C3)C4C(F)(F)F)cc12. The molecule has 4 nitrogen and oxygen atoms in total. The molecule has 1 aliphatic carbocycles. The molecular weight excluding hydrogens is 357 g/mol. The summed E-state index contributed by atoms with van der Waals surface area (Å²) in [5, 5.41) is 0.650. The Bertz CT molecular complexity index is 892. The Kier molecular flexibility index (Phi) is 3.91. The summed E-state index contributed by atoms with van der Waals surface area (Å²) in [5.74, 6) is -2.23. The van der Waals surface area contributed by atoms with Crippen molar-refractivity contribution in [1.29, 1.82) is 0 Å². The number of alkyl halides is 3. The Morgan fingerprint density at radius 1 is 1.15 bits per heavy atom. The van der Waals surface area contributed by atoms with Crippen molar-refractivity contribution in [2.75, 3.05) is 18.0 Å². The molecule has 4 rings (SSSR count). The van der Waals surface area contributed by atoms with Crippen molar-refractivity contribution in [1.82, 2.24) is 4.98 Å². The lowest BCUT2D eigenvalue weighted by Gasteiger charge is -2.24. The van der Waals surface area contributed by atoms with Crippen molar-refractivity contribution in [2.45, 2.75) is 32.5 Å². The molecule has 0 bridgehead atoms. The predicted molar refractivity (Wildman–Crippen MR) is 95.6 cm³/mol. The molecule has 27 heavy (non-hydrogen) atoms. The smallest absolute Gasteiger partial charge is 0.392 e. The number of benzene rings is 1. The number of aromatic nitrogens is 1. The average molecular weight is 378 g/mol. The number of esters is 1. The van der Waals surface area contributed by atoms with Gasteiger partial charge in [-0.15, -0.1) is 0 Å². The van der Waals surface area contributed by atoms with Crippen LogP contribution in [0.3, 0.4) is 0 Å². The lowest BCUT2D eigenvalue weighted by Crippen LogP contribution is -2.28. The first kappa shape index (κ1) is 18.1. The van der Waals surface area contributed by atoms with Crippen molar-refractivity contribution in [2.24, 2.45) is 17.8 Å². The van der Waals surface area contributed by atoms with E-state index >= 15 is 0 Å². The standard InChI is InChI=1S/C20H21F3N2O2/c1-19(2,3)27-18(26)12-6-7-24-16-5-4-11(8-13(12)16)25-9-14-15(10-25)17(14)20(21,22)23/h4-8,14-15,17H,9-10H2,1-3H3. The Morgan fingerprint density at radius 2 is 1.81 bits per heavy atom. The van der Waals surface area contributed by atoms with Gasteiger partial charge in [0.05, 0.1) is 17.0 Å². The second-order valence-corrected chi connectivity index (χ2v) is 8.36. The van der Waals surface area contributed by atoms with Crippen molar-refractivity contribution < 1.29 is 22.7 Å². The molecule has 2 aromatic rings. The first-order chi connectivity index (χ1) is 12.5. The zero-order valence-corrected chi connectivity index (χ0v) is 15.4. The first-order valence-electron chi connectivity index (χ1n) is 8.98. The van der Waals surface area contributed by atoms with E-state index < -0.39 is 23.7 Å². The van der Waals surface area contributed by atoms with Crippen LogP contribution in [0.5, 0.6) is 0 Å². The number of hydrogen-bond acceptors (Lipinski definition) is 4. The molecule has 2 fully saturated rings. The molecule has 144 valence electrons. The monoisotopic (exact) mass is 378 g/mol. The van der Waals surface area contributed by atoms with Crippen LogP contribution < -0.4 is 4.90 Å². The van der Waals surface area contributed by atoms with E-state index in [1.54, 1.807) is 39.1 Å². The van der Waals surface area contributed by atoms with E-state index in [9.17, 15) is 18.0 Å². The highest BCUT2D eigenvalue weighted by Crippen LogP contribution is 2.59. The normalized spacial score (nSPS) is 24.8. The molecule has 2 unspecified atom stereocenters. The van der Waals surface area contributed by atoms with Gasteiger partial charge >= 0.3 is 12.1 Å². The molecule has 1 aliphatic heterocycles. The Labute approximate surface area is 155 Å². The molecule has 2 atom stereocenters. The van der Waals surface area contributed by atoms with Crippen LogP contribution in [-0.2, 0) is 4.74 Å². The molecule has 0 spiro atoms. The number of pyridine rings is 1. The van der Waals surface area contributed by atoms with Crippen LogP contribution >= 0.6 is 0 Å². The van der Waals surface area contributed by atoms with Gasteiger partial charge in [-0.1, -0.05) is 0 Å². The summed E-state index contributed by atoms with van der Waals surface area (Å²) >= 11 is 0. The third kappa shape index (κ3) is 3.35. The number of carbonyl (C=O) groups excluding carboxylic acids is 1. The number of halogens is 3. The third-order valence-electron chi connectivity index (χ3n) is 5.28. The van der Waals surface area contributed by atoms with Crippen LogP contribution in [-0.4, -0.2) is 35.8 Å². The molecule has 1 aromatic heterocycles. The Hall–Kier alpha value is -2.31. The van der Waals surface area contributed by atoms with Crippen LogP contribution in [0.1, 0.15) is 31.1 Å². The van der Waals surface area contributed by atoms with Crippen LogP contribution in [0.15, 0.2) is 30.5 Å². The number of rotatable bonds is 2. The molecule has 0 N–H and O–H groups in total. The van der Waals surface area contributed by atoms with Gasteiger partial charge in [0.25, 0.3) is 0 Å². The maximum Gasteiger partial charge on any atom is 0.392 e. The van der Waals surface area contributed by atoms with Gasteiger partial charge in [0.15, 0.2) is 0 Å². The van der Waals surface area contributed by atoms with Crippen molar-refractivity contribution in [3.63, 3.8) is 0 Å². The number of fused-ring (bicyclic) bond motifs is 2. The topological polar surface area (TPSA) is 42.4 Å². The second-order valence-electron chi connectivity index (χ2n) is 8.36. The summed E-state index contributed by atoms with van der Waals surface area (Å²) in [7, 11) is 0. The molecule has 1 aromatic carbocycles. The molecule has 0 amide bonds. The quantitative estimate of drug-likeness (QED) is 0.725. The summed E-state index contributed by atoms with van der Waals surface area (Å²) < 4.78 is 44.2.